The normalized spacial score (nSPS) is 11.0. The molecule has 0 aliphatic carbocycles. The summed E-state index contributed by atoms with van der Waals surface area (Å²) < 4.78 is 1.58. The summed E-state index contributed by atoms with van der Waals surface area (Å²) in [6.45, 7) is 0.670. The van der Waals surface area contributed by atoms with Gasteiger partial charge in [-0.05, 0) is 56.1 Å². The van der Waals surface area contributed by atoms with Crippen molar-refractivity contribution in [2.75, 3.05) is 19.4 Å². The minimum atomic E-state index is -0.220. The third kappa shape index (κ3) is 4.09. The Morgan fingerprint density at radius 1 is 1.19 bits per heavy atom. The standard InChI is InChI=1S/C19H20ClN5O/c1-24(2)12-14-10-15(20)4-5-16(14)22-19(26)18-11-17(23-25(18)3)13-6-8-21-9-7-13/h4-11H,12H2,1-3H3,(H,22,26). The van der Waals surface area contributed by atoms with Crippen LogP contribution in [0.3, 0.4) is 0 Å². The summed E-state index contributed by atoms with van der Waals surface area (Å²) in [7, 11) is 5.69. The van der Waals surface area contributed by atoms with E-state index in [4.69, 9.17) is 11.6 Å². The van der Waals surface area contributed by atoms with E-state index in [2.05, 4.69) is 15.4 Å². The summed E-state index contributed by atoms with van der Waals surface area (Å²) in [6, 6.07) is 10.9. The zero-order valence-electron chi connectivity index (χ0n) is 14.9. The number of hydrogen-bond donors (Lipinski definition) is 1. The molecule has 0 radical (unpaired) electrons. The van der Waals surface area contributed by atoms with Gasteiger partial charge in [-0.3, -0.25) is 14.5 Å². The number of pyridine rings is 1. The molecule has 6 nitrogen and oxygen atoms in total. The Hall–Kier alpha value is -2.70. The van der Waals surface area contributed by atoms with Crippen molar-refractivity contribution in [1.82, 2.24) is 19.7 Å². The number of halogens is 1. The van der Waals surface area contributed by atoms with Crippen molar-refractivity contribution >= 4 is 23.2 Å². The first-order valence-corrected chi connectivity index (χ1v) is 8.51. The number of carbonyl (C=O) groups excluding carboxylic acids is 1. The first-order chi connectivity index (χ1) is 12.4. The van der Waals surface area contributed by atoms with Gasteiger partial charge in [0.15, 0.2) is 0 Å². The predicted molar refractivity (Wildman–Crippen MR) is 103 cm³/mol. The van der Waals surface area contributed by atoms with E-state index >= 15 is 0 Å². The minimum absolute atomic E-state index is 0.220. The average Bonchev–Trinajstić information content (AvgIpc) is 2.99. The molecule has 3 aromatic rings. The van der Waals surface area contributed by atoms with E-state index in [0.29, 0.717) is 17.3 Å². The van der Waals surface area contributed by atoms with Crippen LogP contribution in [0.25, 0.3) is 11.3 Å². The molecule has 1 aromatic carbocycles. The second-order valence-corrected chi connectivity index (χ2v) is 6.70. The Labute approximate surface area is 157 Å². The highest BCUT2D eigenvalue weighted by molar-refractivity contribution is 6.30. The Bertz CT molecular complexity index is 921. The van der Waals surface area contributed by atoms with E-state index < -0.39 is 0 Å². The van der Waals surface area contributed by atoms with Crippen LogP contribution in [0.5, 0.6) is 0 Å². The van der Waals surface area contributed by atoms with Crippen LogP contribution in [-0.2, 0) is 13.6 Å². The van der Waals surface area contributed by atoms with Gasteiger partial charge in [0, 0.05) is 42.3 Å². The number of aromatic nitrogens is 3. The molecule has 134 valence electrons. The van der Waals surface area contributed by atoms with Gasteiger partial charge in [-0.15, -0.1) is 0 Å². The number of hydrogen-bond acceptors (Lipinski definition) is 4. The average molecular weight is 370 g/mol. The quantitative estimate of drug-likeness (QED) is 0.748. The van der Waals surface area contributed by atoms with Crippen molar-refractivity contribution in [3.05, 3.63) is 65.1 Å². The van der Waals surface area contributed by atoms with Gasteiger partial charge < -0.3 is 10.2 Å². The number of anilines is 1. The maximum absolute atomic E-state index is 12.8. The number of amides is 1. The molecule has 2 aromatic heterocycles. The fraction of sp³-hybridized carbons (Fsp3) is 0.211. The van der Waals surface area contributed by atoms with E-state index in [9.17, 15) is 4.79 Å². The number of rotatable bonds is 5. The number of nitrogens with one attached hydrogen (secondary N) is 1. The van der Waals surface area contributed by atoms with Crippen molar-refractivity contribution < 1.29 is 4.79 Å². The van der Waals surface area contributed by atoms with Gasteiger partial charge in [-0.1, -0.05) is 11.6 Å². The van der Waals surface area contributed by atoms with Gasteiger partial charge in [0.25, 0.3) is 5.91 Å². The molecule has 0 atom stereocenters. The van der Waals surface area contributed by atoms with Crippen LogP contribution in [0.4, 0.5) is 5.69 Å². The van der Waals surface area contributed by atoms with E-state index in [1.807, 2.05) is 43.3 Å². The molecule has 0 bridgehead atoms. The largest absolute Gasteiger partial charge is 0.320 e. The fourth-order valence-corrected chi connectivity index (χ4v) is 2.88. The maximum atomic E-state index is 12.8. The van der Waals surface area contributed by atoms with Crippen molar-refractivity contribution in [1.29, 1.82) is 0 Å². The third-order valence-electron chi connectivity index (χ3n) is 3.89. The summed E-state index contributed by atoms with van der Waals surface area (Å²) in [4.78, 5) is 18.8. The van der Waals surface area contributed by atoms with E-state index in [1.54, 1.807) is 36.3 Å². The lowest BCUT2D eigenvalue weighted by atomic mass is 10.1. The fourth-order valence-electron chi connectivity index (χ4n) is 2.69. The van der Waals surface area contributed by atoms with Crippen LogP contribution < -0.4 is 5.32 Å². The number of carbonyl (C=O) groups is 1. The summed E-state index contributed by atoms with van der Waals surface area (Å²) in [5.74, 6) is -0.220. The third-order valence-corrected chi connectivity index (χ3v) is 4.13. The molecule has 0 aliphatic heterocycles. The van der Waals surface area contributed by atoms with Crippen LogP contribution in [0, 0.1) is 0 Å². The van der Waals surface area contributed by atoms with Gasteiger partial charge >= 0.3 is 0 Å². The molecule has 3 rings (SSSR count). The van der Waals surface area contributed by atoms with Crippen molar-refractivity contribution in [3.63, 3.8) is 0 Å². The summed E-state index contributed by atoms with van der Waals surface area (Å²) >= 11 is 6.10. The minimum Gasteiger partial charge on any atom is -0.320 e. The molecule has 0 saturated heterocycles. The monoisotopic (exact) mass is 369 g/mol. The van der Waals surface area contributed by atoms with Gasteiger partial charge in [0.1, 0.15) is 5.69 Å². The molecule has 0 saturated carbocycles. The molecule has 7 heteroatoms. The van der Waals surface area contributed by atoms with Crippen molar-refractivity contribution in [3.8, 4) is 11.3 Å². The second-order valence-electron chi connectivity index (χ2n) is 6.27. The SMILES string of the molecule is CN(C)Cc1cc(Cl)ccc1NC(=O)c1cc(-c2ccncc2)nn1C. The van der Waals surface area contributed by atoms with Gasteiger partial charge in [-0.2, -0.15) is 5.10 Å². The van der Waals surface area contributed by atoms with Crippen LogP contribution >= 0.6 is 11.6 Å². The molecule has 26 heavy (non-hydrogen) atoms. The number of benzene rings is 1. The van der Waals surface area contributed by atoms with Crippen LogP contribution in [0.2, 0.25) is 5.02 Å². The number of nitrogens with zero attached hydrogens (tertiary/aromatic N) is 4. The molecule has 0 spiro atoms. The smallest absolute Gasteiger partial charge is 0.273 e. The molecular weight excluding hydrogens is 350 g/mol. The lowest BCUT2D eigenvalue weighted by molar-refractivity contribution is 0.101. The first kappa shape index (κ1) is 18.1. The topological polar surface area (TPSA) is 63.1 Å². The lowest BCUT2D eigenvalue weighted by Gasteiger charge is -2.15. The Balaban J connectivity index is 1.86. The zero-order valence-corrected chi connectivity index (χ0v) is 15.7. The summed E-state index contributed by atoms with van der Waals surface area (Å²) in [5.41, 5.74) is 3.80. The lowest BCUT2D eigenvalue weighted by Crippen LogP contribution is -2.19. The zero-order chi connectivity index (χ0) is 18.7. The molecule has 1 N–H and O–H groups in total. The maximum Gasteiger partial charge on any atom is 0.273 e. The van der Waals surface area contributed by atoms with Crippen molar-refractivity contribution in [2.24, 2.45) is 7.05 Å². The van der Waals surface area contributed by atoms with Crippen LogP contribution in [-0.4, -0.2) is 39.7 Å². The van der Waals surface area contributed by atoms with Crippen molar-refractivity contribution in [2.45, 2.75) is 6.54 Å². The van der Waals surface area contributed by atoms with Gasteiger partial charge in [-0.25, -0.2) is 0 Å². The molecule has 1 amide bonds. The van der Waals surface area contributed by atoms with E-state index in [-0.39, 0.29) is 5.91 Å². The summed E-state index contributed by atoms with van der Waals surface area (Å²) in [6.07, 6.45) is 3.40. The number of aryl methyl sites for hydroxylation is 1. The highest BCUT2D eigenvalue weighted by Crippen LogP contribution is 2.23. The predicted octanol–water partition coefficient (Wildman–Crippen LogP) is 3.45. The molecule has 2 heterocycles. The molecular formula is C19H20ClN5O. The Morgan fingerprint density at radius 2 is 1.92 bits per heavy atom. The molecule has 0 unspecified atom stereocenters. The first-order valence-electron chi connectivity index (χ1n) is 8.13. The summed E-state index contributed by atoms with van der Waals surface area (Å²) in [5, 5.41) is 8.03. The van der Waals surface area contributed by atoms with Crippen LogP contribution in [0.15, 0.2) is 48.8 Å². The van der Waals surface area contributed by atoms with Crippen LogP contribution in [0.1, 0.15) is 16.1 Å². The molecule has 0 fully saturated rings. The molecule has 0 aliphatic rings. The Morgan fingerprint density at radius 3 is 2.62 bits per heavy atom. The Kier molecular flexibility index (Phi) is 5.35. The van der Waals surface area contributed by atoms with Gasteiger partial charge in [0.2, 0.25) is 0 Å². The van der Waals surface area contributed by atoms with Gasteiger partial charge in [0.05, 0.1) is 5.69 Å². The highest BCUT2D eigenvalue weighted by Gasteiger charge is 2.16. The second kappa shape index (κ2) is 7.68. The van der Waals surface area contributed by atoms with E-state index in [0.717, 1.165) is 22.5 Å². The van der Waals surface area contributed by atoms with E-state index in [1.165, 1.54) is 0 Å². The highest BCUT2D eigenvalue weighted by atomic mass is 35.5.